The molecule has 3 nitrogen and oxygen atoms in total. The standard InChI is InChI=1S/C15H28ClN3/c16-15-18-13(11-7-3-1-4-8-11)17-14(19-15)12-9-5-2-6-10-12/h11-15,17-19H,1-10H2. The Bertz CT molecular complexity index is 249. The van der Waals surface area contributed by atoms with E-state index in [-0.39, 0.29) is 5.62 Å². The Morgan fingerprint density at radius 2 is 1.00 bits per heavy atom. The van der Waals surface area contributed by atoms with Crippen molar-refractivity contribution < 1.29 is 0 Å². The minimum absolute atomic E-state index is 0.0693. The van der Waals surface area contributed by atoms with Crippen LogP contribution in [0.2, 0.25) is 0 Å². The molecule has 3 aliphatic rings. The van der Waals surface area contributed by atoms with E-state index in [4.69, 9.17) is 11.6 Å². The van der Waals surface area contributed by atoms with Gasteiger partial charge >= 0.3 is 0 Å². The van der Waals surface area contributed by atoms with Crippen LogP contribution >= 0.6 is 11.6 Å². The molecule has 3 fully saturated rings. The second kappa shape index (κ2) is 6.75. The van der Waals surface area contributed by atoms with Crippen molar-refractivity contribution in [3.8, 4) is 0 Å². The zero-order chi connectivity index (χ0) is 13.1. The molecule has 19 heavy (non-hydrogen) atoms. The number of rotatable bonds is 2. The Hall–Kier alpha value is 0.170. The SMILES string of the molecule is ClC1NC(C2CCCCC2)NC(C2CCCCC2)N1. The van der Waals surface area contributed by atoms with E-state index >= 15 is 0 Å². The van der Waals surface area contributed by atoms with Gasteiger partial charge in [0.25, 0.3) is 0 Å². The van der Waals surface area contributed by atoms with Gasteiger partial charge < -0.3 is 0 Å². The van der Waals surface area contributed by atoms with Crippen molar-refractivity contribution >= 4 is 11.6 Å². The molecule has 0 amide bonds. The molecule has 4 heteroatoms. The van der Waals surface area contributed by atoms with Crippen molar-refractivity contribution in [2.45, 2.75) is 82.2 Å². The molecular weight excluding hydrogens is 258 g/mol. The summed E-state index contributed by atoms with van der Waals surface area (Å²) >= 11 is 6.38. The fraction of sp³-hybridized carbons (Fsp3) is 1.00. The van der Waals surface area contributed by atoms with Crippen molar-refractivity contribution in [2.75, 3.05) is 0 Å². The number of hydrogen-bond acceptors (Lipinski definition) is 3. The van der Waals surface area contributed by atoms with Gasteiger partial charge in [0.2, 0.25) is 0 Å². The van der Waals surface area contributed by atoms with Crippen LogP contribution in [0.3, 0.4) is 0 Å². The van der Waals surface area contributed by atoms with Crippen LogP contribution in [0.1, 0.15) is 64.2 Å². The average molecular weight is 286 g/mol. The van der Waals surface area contributed by atoms with Gasteiger partial charge in [0, 0.05) is 0 Å². The van der Waals surface area contributed by atoms with Gasteiger partial charge in [0.15, 0.2) is 0 Å². The summed E-state index contributed by atoms with van der Waals surface area (Å²) in [7, 11) is 0. The molecule has 0 aromatic heterocycles. The zero-order valence-electron chi connectivity index (χ0n) is 11.8. The molecule has 1 heterocycles. The van der Waals surface area contributed by atoms with Crippen molar-refractivity contribution in [1.82, 2.24) is 16.0 Å². The van der Waals surface area contributed by atoms with E-state index in [1.54, 1.807) is 0 Å². The maximum Gasteiger partial charge on any atom is 0.137 e. The molecule has 1 saturated heterocycles. The monoisotopic (exact) mass is 285 g/mol. The normalized spacial score (nSPS) is 39.3. The number of nitrogens with one attached hydrogen (secondary N) is 3. The molecule has 3 N–H and O–H groups in total. The molecule has 2 aliphatic carbocycles. The Morgan fingerprint density at radius 1 is 0.579 bits per heavy atom. The van der Waals surface area contributed by atoms with Gasteiger partial charge in [-0.3, -0.25) is 16.0 Å². The van der Waals surface area contributed by atoms with Gasteiger partial charge in [-0.25, -0.2) is 0 Å². The summed E-state index contributed by atoms with van der Waals surface area (Å²) < 4.78 is 0. The number of alkyl halides is 1. The van der Waals surface area contributed by atoms with E-state index in [1.807, 2.05) is 0 Å². The smallest absolute Gasteiger partial charge is 0.137 e. The summed E-state index contributed by atoms with van der Waals surface area (Å²) in [6.45, 7) is 0. The van der Waals surface area contributed by atoms with E-state index in [9.17, 15) is 0 Å². The largest absolute Gasteiger partial charge is 0.286 e. The summed E-state index contributed by atoms with van der Waals surface area (Å²) in [6.07, 6.45) is 14.6. The lowest BCUT2D eigenvalue weighted by Gasteiger charge is -2.44. The molecule has 0 radical (unpaired) electrons. The minimum atomic E-state index is -0.0693. The van der Waals surface area contributed by atoms with E-state index in [0.717, 1.165) is 11.8 Å². The fourth-order valence-electron chi connectivity index (χ4n) is 4.13. The summed E-state index contributed by atoms with van der Waals surface area (Å²) in [6, 6.07) is 0. The van der Waals surface area contributed by atoms with Crippen LogP contribution in [-0.4, -0.2) is 18.0 Å². The third-order valence-electron chi connectivity index (χ3n) is 5.25. The third kappa shape index (κ3) is 3.63. The van der Waals surface area contributed by atoms with Gasteiger partial charge in [-0.05, 0) is 37.5 Å². The molecule has 2 unspecified atom stereocenters. The van der Waals surface area contributed by atoms with Crippen molar-refractivity contribution in [2.24, 2.45) is 11.8 Å². The Morgan fingerprint density at radius 3 is 1.42 bits per heavy atom. The first-order valence-corrected chi connectivity index (χ1v) is 8.69. The first-order chi connectivity index (χ1) is 9.33. The van der Waals surface area contributed by atoms with E-state index < -0.39 is 0 Å². The minimum Gasteiger partial charge on any atom is -0.286 e. The lowest BCUT2D eigenvalue weighted by atomic mass is 9.84. The van der Waals surface area contributed by atoms with Crippen molar-refractivity contribution in [3.63, 3.8) is 0 Å². The van der Waals surface area contributed by atoms with E-state index in [2.05, 4.69) is 16.0 Å². The van der Waals surface area contributed by atoms with Gasteiger partial charge in [0.1, 0.15) is 5.62 Å². The molecule has 0 aromatic rings. The summed E-state index contributed by atoms with van der Waals surface area (Å²) in [5.41, 5.74) is -0.0693. The summed E-state index contributed by atoms with van der Waals surface area (Å²) in [5, 5.41) is 10.8. The lowest BCUT2D eigenvalue weighted by molar-refractivity contribution is 0.112. The molecule has 2 saturated carbocycles. The van der Waals surface area contributed by atoms with Gasteiger partial charge in [0.05, 0.1) is 12.3 Å². The number of hydrogen-bond donors (Lipinski definition) is 3. The highest BCUT2D eigenvalue weighted by Crippen LogP contribution is 2.30. The number of halogens is 1. The summed E-state index contributed by atoms with van der Waals surface area (Å²) in [5.74, 6) is 1.53. The van der Waals surface area contributed by atoms with Gasteiger partial charge in [-0.1, -0.05) is 50.1 Å². The fourth-order valence-corrected chi connectivity index (χ4v) is 4.40. The van der Waals surface area contributed by atoms with Gasteiger partial charge in [-0.2, -0.15) is 0 Å². The second-order valence-electron chi connectivity index (χ2n) is 6.61. The second-order valence-corrected chi connectivity index (χ2v) is 7.05. The zero-order valence-corrected chi connectivity index (χ0v) is 12.6. The molecule has 110 valence electrons. The topological polar surface area (TPSA) is 36.1 Å². The van der Waals surface area contributed by atoms with E-state index in [0.29, 0.717) is 12.3 Å². The predicted octanol–water partition coefficient (Wildman–Crippen LogP) is 3.10. The molecule has 1 aliphatic heterocycles. The summed E-state index contributed by atoms with van der Waals surface area (Å²) in [4.78, 5) is 0. The van der Waals surface area contributed by atoms with Crippen LogP contribution in [-0.2, 0) is 0 Å². The van der Waals surface area contributed by atoms with Crippen molar-refractivity contribution in [3.05, 3.63) is 0 Å². The highest BCUT2D eigenvalue weighted by atomic mass is 35.5. The molecule has 2 atom stereocenters. The maximum absolute atomic E-state index is 6.38. The first kappa shape index (κ1) is 14.1. The molecule has 0 bridgehead atoms. The Labute approximate surface area is 122 Å². The highest BCUT2D eigenvalue weighted by Gasteiger charge is 2.35. The van der Waals surface area contributed by atoms with E-state index in [1.165, 1.54) is 64.2 Å². The Balaban J connectivity index is 1.59. The van der Waals surface area contributed by atoms with Crippen LogP contribution in [0.4, 0.5) is 0 Å². The molecule has 0 spiro atoms. The van der Waals surface area contributed by atoms with Crippen LogP contribution in [0, 0.1) is 11.8 Å². The van der Waals surface area contributed by atoms with Crippen LogP contribution in [0.5, 0.6) is 0 Å². The molecule has 3 rings (SSSR count). The quantitative estimate of drug-likeness (QED) is 0.539. The van der Waals surface area contributed by atoms with Crippen molar-refractivity contribution in [1.29, 1.82) is 0 Å². The highest BCUT2D eigenvalue weighted by molar-refractivity contribution is 6.20. The van der Waals surface area contributed by atoms with Gasteiger partial charge in [-0.15, -0.1) is 0 Å². The molecular formula is C15H28ClN3. The Kier molecular flexibility index (Phi) is 5.02. The maximum atomic E-state index is 6.38. The average Bonchev–Trinajstić information content (AvgIpc) is 2.48. The molecule has 0 aromatic carbocycles. The predicted molar refractivity (Wildman–Crippen MR) is 79.8 cm³/mol. The third-order valence-corrected chi connectivity index (χ3v) is 5.51. The van der Waals surface area contributed by atoms with Crippen LogP contribution in [0.15, 0.2) is 0 Å². The lowest BCUT2D eigenvalue weighted by Crippen LogP contribution is -2.69. The van der Waals surface area contributed by atoms with Crippen LogP contribution < -0.4 is 16.0 Å². The van der Waals surface area contributed by atoms with Crippen LogP contribution in [0.25, 0.3) is 0 Å². The first-order valence-electron chi connectivity index (χ1n) is 8.25.